The van der Waals surface area contributed by atoms with Gasteiger partial charge in [-0.3, -0.25) is 0 Å². The average Bonchev–Trinajstić information content (AvgIpc) is 2.16. The molecule has 78 valence electrons. The summed E-state index contributed by atoms with van der Waals surface area (Å²) in [5.74, 6) is 0.749. The van der Waals surface area contributed by atoms with Gasteiger partial charge in [-0.05, 0) is 38.6 Å². The summed E-state index contributed by atoms with van der Waals surface area (Å²) in [4.78, 5) is 0. The van der Waals surface area contributed by atoms with Crippen molar-refractivity contribution in [2.75, 3.05) is 13.7 Å². The Labute approximate surface area is 90.2 Å². The highest BCUT2D eigenvalue weighted by molar-refractivity contribution is 6.32. The lowest BCUT2D eigenvalue weighted by Gasteiger charge is -2.13. The molecular formula is C11H16ClNO. The number of hydrogen-bond donors (Lipinski definition) is 1. The number of benzene rings is 1. The van der Waals surface area contributed by atoms with Crippen LogP contribution in [0.15, 0.2) is 18.2 Å². The Balaban J connectivity index is 2.59. The van der Waals surface area contributed by atoms with Gasteiger partial charge in [-0.15, -0.1) is 0 Å². The fourth-order valence-electron chi connectivity index (χ4n) is 1.02. The van der Waals surface area contributed by atoms with Crippen LogP contribution in [0.1, 0.15) is 12.5 Å². The molecule has 0 saturated carbocycles. The Hall–Kier alpha value is -0.730. The summed E-state index contributed by atoms with van der Waals surface area (Å²) in [5, 5.41) is 3.77. The molecule has 14 heavy (non-hydrogen) atoms. The van der Waals surface area contributed by atoms with E-state index >= 15 is 0 Å². The maximum atomic E-state index is 6.01. The fraction of sp³-hybridized carbons (Fsp3) is 0.455. The predicted molar refractivity (Wildman–Crippen MR) is 60.2 cm³/mol. The minimum absolute atomic E-state index is 0.326. The summed E-state index contributed by atoms with van der Waals surface area (Å²) in [6, 6.07) is 6.12. The Morgan fingerprint density at radius 1 is 1.50 bits per heavy atom. The van der Waals surface area contributed by atoms with E-state index in [0.717, 1.165) is 11.3 Å². The minimum Gasteiger partial charge on any atom is -0.490 e. The van der Waals surface area contributed by atoms with Crippen molar-refractivity contribution in [1.29, 1.82) is 0 Å². The molecule has 0 aliphatic carbocycles. The molecule has 1 aromatic rings. The zero-order valence-electron chi connectivity index (χ0n) is 8.80. The van der Waals surface area contributed by atoms with Crippen molar-refractivity contribution < 1.29 is 4.74 Å². The van der Waals surface area contributed by atoms with E-state index in [-0.39, 0.29) is 0 Å². The van der Waals surface area contributed by atoms with Gasteiger partial charge in [0.1, 0.15) is 12.4 Å². The molecule has 1 unspecified atom stereocenters. The van der Waals surface area contributed by atoms with Crippen LogP contribution in [0.2, 0.25) is 5.02 Å². The van der Waals surface area contributed by atoms with E-state index in [2.05, 4.69) is 12.2 Å². The molecule has 0 aliphatic rings. The van der Waals surface area contributed by atoms with E-state index in [4.69, 9.17) is 16.3 Å². The Kier molecular flexibility index (Phi) is 4.23. The Morgan fingerprint density at radius 2 is 2.21 bits per heavy atom. The van der Waals surface area contributed by atoms with Crippen LogP contribution in [0.5, 0.6) is 5.75 Å². The predicted octanol–water partition coefficient (Wildman–Crippen LogP) is 2.64. The number of nitrogens with one attached hydrogen (secondary N) is 1. The first-order valence-electron chi connectivity index (χ1n) is 4.69. The van der Waals surface area contributed by atoms with Crippen LogP contribution in [0.3, 0.4) is 0 Å². The molecule has 0 radical (unpaired) electrons. The van der Waals surface area contributed by atoms with Gasteiger partial charge in [-0.25, -0.2) is 0 Å². The van der Waals surface area contributed by atoms with E-state index in [1.54, 1.807) is 0 Å². The summed E-state index contributed by atoms with van der Waals surface area (Å²) in [6.45, 7) is 4.69. The highest BCUT2D eigenvalue weighted by atomic mass is 35.5. The molecule has 0 amide bonds. The van der Waals surface area contributed by atoms with Gasteiger partial charge in [0.2, 0.25) is 0 Å². The monoisotopic (exact) mass is 213 g/mol. The molecule has 1 atom stereocenters. The number of ether oxygens (including phenoxy) is 1. The largest absolute Gasteiger partial charge is 0.490 e. The quantitative estimate of drug-likeness (QED) is 0.831. The topological polar surface area (TPSA) is 21.3 Å². The fourth-order valence-corrected chi connectivity index (χ4v) is 1.31. The zero-order valence-corrected chi connectivity index (χ0v) is 9.56. The summed E-state index contributed by atoms with van der Waals surface area (Å²) < 4.78 is 5.55. The van der Waals surface area contributed by atoms with Gasteiger partial charge in [0.25, 0.3) is 0 Å². The Bertz CT molecular complexity index is 301. The van der Waals surface area contributed by atoms with Crippen LogP contribution in [-0.4, -0.2) is 19.7 Å². The molecule has 0 heterocycles. The lowest BCUT2D eigenvalue weighted by Crippen LogP contribution is -2.28. The molecule has 0 bridgehead atoms. The lowest BCUT2D eigenvalue weighted by atomic mass is 10.2. The van der Waals surface area contributed by atoms with E-state index in [0.29, 0.717) is 17.7 Å². The van der Waals surface area contributed by atoms with E-state index in [1.807, 2.05) is 32.2 Å². The van der Waals surface area contributed by atoms with Gasteiger partial charge in [0.05, 0.1) is 5.02 Å². The molecule has 1 aromatic carbocycles. The van der Waals surface area contributed by atoms with Gasteiger partial charge in [-0.2, -0.15) is 0 Å². The summed E-state index contributed by atoms with van der Waals surface area (Å²) in [6.07, 6.45) is 0. The first-order valence-corrected chi connectivity index (χ1v) is 5.07. The molecule has 0 saturated heterocycles. The second-order valence-corrected chi connectivity index (χ2v) is 3.84. The summed E-state index contributed by atoms with van der Waals surface area (Å²) in [7, 11) is 1.91. The minimum atomic E-state index is 0.326. The third-order valence-electron chi connectivity index (χ3n) is 2.07. The SMILES string of the molecule is CNC(C)COc1ccc(C)cc1Cl. The van der Waals surface area contributed by atoms with Gasteiger partial charge in [0, 0.05) is 6.04 Å². The number of likely N-dealkylation sites (N-methyl/N-ethyl adjacent to an activating group) is 1. The number of rotatable bonds is 4. The van der Waals surface area contributed by atoms with Crippen molar-refractivity contribution in [3.63, 3.8) is 0 Å². The van der Waals surface area contributed by atoms with Crippen molar-refractivity contribution in [1.82, 2.24) is 5.32 Å². The molecule has 0 fully saturated rings. The molecule has 1 N–H and O–H groups in total. The maximum absolute atomic E-state index is 6.01. The van der Waals surface area contributed by atoms with Crippen LogP contribution in [0.25, 0.3) is 0 Å². The van der Waals surface area contributed by atoms with Crippen LogP contribution in [0.4, 0.5) is 0 Å². The summed E-state index contributed by atoms with van der Waals surface area (Å²) >= 11 is 6.01. The van der Waals surface area contributed by atoms with Gasteiger partial charge >= 0.3 is 0 Å². The van der Waals surface area contributed by atoms with E-state index in [9.17, 15) is 0 Å². The van der Waals surface area contributed by atoms with Crippen molar-refractivity contribution in [2.24, 2.45) is 0 Å². The Morgan fingerprint density at radius 3 is 2.79 bits per heavy atom. The first-order chi connectivity index (χ1) is 6.63. The average molecular weight is 214 g/mol. The van der Waals surface area contributed by atoms with E-state index in [1.165, 1.54) is 0 Å². The normalized spacial score (nSPS) is 12.6. The number of halogens is 1. The van der Waals surface area contributed by atoms with Crippen molar-refractivity contribution in [3.05, 3.63) is 28.8 Å². The second kappa shape index (κ2) is 5.23. The summed E-state index contributed by atoms with van der Waals surface area (Å²) in [5.41, 5.74) is 1.14. The third kappa shape index (κ3) is 3.20. The van der Waals surface area contributed by atoms with Crippen molar-refractivity contribution in [3.8, 4) is 5.75 Å². The molecular weight excluding hydrogens is 198 g/mol. The standard InChI is InChI=1S/C11H16ClNO/c1-8-4-5-11(10(12)6-8)14-7-9(2)13-3/h4-6,9,13H,7H2,1-3H3. The number of aryl methyl sites for hydroxylation is 1. The molecule has 0 aromatic heterocycles. The highest BCUT2D eigenvalue weighted by Crippen LogP contribution is 2.25. The van der Waals surface area contributed by atoms with Gasteiger partial charge < -0.3 is 10.1 Å². The smallest absolute Gasteiger partial charge is 0.137 e. The second-order valence-electron chi connectivity index (χ2n) is 3.43. The van der Waals surface area contributed by atoms with Gasteiger partial charge in [-0.1, -0.05) is 17.7 Å². The molecule has 3 heteroatoms. The van der Waals surface area contributed by atoms with E-state index < -0.39 is 0 Å². The first kappa shape index (κ1) is 11.3. The highest BCUT2D eigenvalue weighted by Gasteiger charge is 2.03. The van der Waals surface area contributed by atoms with Crippen LogP contribution >= 0.6 is 11.6 Å². The van der Waals surface area contributed by atoms with Gasteiger partial charge in [0.15, 0.2) is 0 Å². The molecule has 2 nitrogen and oxygen atoms in total. The zero-order chi connectivity index (χ0) is 10.6. The lowest BCUT2D eigenvalue weighted by molar-refractivity contribution is 0.280. The maximum Gasteiger partial charge on any atom is 0.137 e. The van der Waals surface area contributed by atoms with Crippen LogP contribution < -0.4 is 10.1 Å². The van der Waals surface area contributed by atoms with Crippen molar-refractivity contribution >= 4 is 11.6 Å². The van der Waals surface area contributed by atoms with Crippen LogP contribution in [0, 0.1) is 6.92 Å². The molecule has 0 aliphatic heterocycles. The number of hydrogen-bond acceptors (Lipinski definition) is 2. The van der Waals surface area contributed by atoms with Crippen LogP contribution in [-0.2, 0) is 0 Å². The van der Waals surface area contributed by atoms with Crippen molar-refractivity contribution in [2.45, 2.75) is 19.9 Å². The third-order valence-corrected chi connectivity index (χ3v) is 2.36. The molecule has 1 rings (SSSR count). The molecule has 0 spiro atoms.